The zero-order valence-corrected chi connectivity index (χ0v) is 15.9. The Labute approximate surface area is 163 Å². The van der Waals surface area contributed by atoms with Crippen LogP contribution >= 0.6 is 0 Å². The number of benzene rings is 2. The zero-order chi connectivity index (χ0) is 19.6. The van der Waals surface area contributed by atoms with Crippen LogP contribution in [0.4, 0.5) is 10.1 Å². The van der Waals surface area contributed by atoms with Gasteiger partial charge >= 0.3 is 0 Å². The van der Waals surface area contributed by atoms with Crippen LogP contribution in [0.3, 0.4) is 0 Å². The van der Waals surface area contributed by atoms with Gasteiger partial charge in [-0.15, -0.1) is 0 Å². The molecule has 3 aliphatic rings. The number of nitrogens with zero attached hydrogens (tertiary/aromatic N) is 3. The fourth-order valence-corrected chi connectivity index (χ4v) is 4.89. The summed E-state index contributed by atoms with van der Waals surface area (Å²) in [6.45, 7) is 5.56. The highest BCUT2D eigenvalue weighted by atomic mass is 19.1. The van der Waals surface area contributed by atoms with E-state index in [4.69, 9.17) is 0 Å². The molecule has 2 aromatic rings. The molecule has 0 aromatic heterocycles. The molecule has 3 fully saturated rings. The number of halogens is 1. The molecular weight excluding hydrogens is 357 g/mol. The number of carbonyl (C=O) groups is 2. The fourth-order valence-electron chi connectivity index (χ4n) is 4.89. The van der Waals surface area contributed by atoms with Gasteiger partial charge in [-0.25, -0.2) is 19.3 Å². The average Bonchev–Trinajstić information content (AvgIpc) is 3.31. The molecule has 3 saturated heterocycles. The minimum Gasteiger partial charge on any atom is -0.274 e. The summed E-state index contributed by atoms with van der Waals surface area (Å²) >= 11 is 0. The summed E-state index contributed by atoms with van der Waals surface area (Å²) in [6, 6.07) is 11.3. The Morgan fingerprint density at radius 3 is 2.21 bits per heavy atom. The summed E-state index contributed by atoms with van der Waals surface area (Å²) in [6.07, 6.45) is 0.950. The van der Waals surface area contributed by atoms with Crippen LogP contribution in [0.2, 0.25) is 0 Å². The molecule has 0 N–H and O–H groups in total. The van der Waals surface area contributed by atoms with Crippen LogP contribution < -0.4 is 4.90 Å². The Bertz CT molecular complexity index is 974. The third-order valence-corrected chi connectivity index (χ3v) is 6.37. The predicted molar refractivity (Wildman–Crippen MR) is 103 cm³/mol. The molecule has 28 heavy (non-hydrogen) atoms. The molecule has 3 atom stereocenters. The molecule has 0 aliphatic carbocycles. The first kappa shape index (κ1) is 17.5. The van der Waals surface area contributed by atoms with Gasteiger partial charge in [0.25, 0.3) is 5.91 Å². The van der Waals surface area contributed by atoms with Crippen LogP contribution in [-0.4, -0.2) is 41.0 Å². The predicted octanol–water partition coefficient (Wildman–Crippen LogP) is 2.98. The molecule has 0 radical (unpaired) electrons. The molecule has 3 heterocycles. The van der Waals surface area contributed by atoms with Crippen LogP contribution in [0.1, 0.15) is 29.2 Å². The number of imide groups is 1. The number of amides is 2. The van der Waals surface area contributed by atoms with Gasteiger partial charge in [0.1, 0.15) is 11.9 Å². The van der Waals surface area contributed by atoms with Gasteiger partial charge in [0, 0.05) is 13.1 Å². The van der Waals surface area contributed by atoms with Gasteiger partial charge in [-0.05, 0) is 61.2 Å². The molecule has 2 aromatic carbocycles. The molecule has 6 heteroatoms. The van der Waals surface area contributed by atoms with E-state index >= 15 is 0 Å². The fraction of sp³-hybridized carbons (Fsp3) is 0.364. The number of aryl methyl sites for hydroxylation is 2. The van der Waals surface area contributed by atoms with Gasteiger partial charge in [0.05, 0.1) is 17.6 Å². The molecule has 144 valence electrons. The smallest absolute Gasteiger partial charge is 0.253 e. The van der Waals surface area contributed by atoms with Gasteiger partial charge in [-0.3, -0.25) is 9.59 Å². The molecule has 2 amide bonds. The van der Waals surface area contributed by atoms with E-state index in [1.807, 2.05) is 32.0 Å². The second-order valence-electron chi connectivity index (χ2n) is 7.93. The van der Waals surface area contributed by atoms with Crippen molar-refractivity contribution in [3.63, 3.8) is 0 Å². The van der Waals surface area contributed by atoms with Gasteiger partial charge in [-0.2, -0.15) is 0 Å². The van der Waals surface area contributed by atoms with Crippen LogP contribution in [0.25, 0.3) is 0 Å². The monoisotopic (exact) mass is 379 g/mol. The van der Waals surface area contributed by atoms with Crippen LogP contribution in [0.15, 0.2) is 42.5 Å². The van der Waals surface area contributed by atoms with Gasteiger partial charge in [0.15, 0.2) is 0 Å². The van der Waals surface area contributed by atoms with Gasteiger partial charge in [0.2, 0.25) is 5.91 Å². The zero-order valence-electron chi connectivity index (χ0n) is 15.9. The normalized spacial score (nSPS) is 27.5. The van der Waals surface area contributed by atoms with Crippen molar-refractivity contribution in [3.8, 4) is 0 Å². The number of rotatable bonds is 2. The first-order valence-corrected chi connectivity index (χ1v) is 9.71. The summed E-state index contributed by atoms with van der Waals surface area (Å²) in [4.78, 5) is 28.2. The number of hydrogen-bond acceptors (Lipinski definition) is 4. The van der Waals surface area contributed by atoms with E-state index < -0.39 is 12.0 Å². The standard InChI is InChI=1S/C22H22FN3O2/c1-13-4-9-17(12-14(13)2)26-21(27)18-19(15-5-7-16(23)8-6-15)24-10-3-11-25(24)20(18)22(26)28/h4-9,12,18-20H,3,10-11H2,1-2H3/t18-,19+,20-/m0/s1. The number of anilines is 1. The van der Waals surface area contributed by atoms with Crippen molar-refractivity contribution in [2.24, 2.45) is 5.92 Å². The summed E-state index contributed by atoms with van der Waals surface area (Å²) < 4.78 is 13.4. The second kappa shape index (κ2) is 6.22. The van der Waals surface area contributed by atoms with E-state index in [9.17, 15) is 14.0 Å². The number of carbonyl (C=O) groups excluding carboxylic acids is 2. The lowest BCUT2D eigenvalue weighted by molar-refractivity contribution is -0.126. The van der Waals surface area contributed by atoms with Gasteiger partial charge in [-0.1, -0.05) is 18.2 Å². The SMILES string of the molecule is Cc1ccc(N2C(=O)[C@@H]3[C@@H](C2=O)N2CCCN2[C@@H]3c2ccc(F)cc2)cc1C. The van der Waals surface area contributed by atoms with Crippen molar-refractivity contribution in [2.75, 3.05) is 18.0 Å². The third-order valence-electron chi connectivity index (χ3n) is 6.37. The van der Waals surface area contributed by atoms with Crippen LogP contribution in [0.5, 0.6) is 0 Å². The lowest BCUT2D eigenvalue weighted by Crippen LogP contribution is -2.44. The van der Waals surface area contributed by atoms with E-state index in [1.54, 1.807) is 12.1 Å². The Hall–Kier alpha value is -2.57. The lowest BCUT2D eigenvalue weighted by Gasteiger charge is -2.29. The highest BCUT2D eigenvalue weighted by Gasteiger charge is 2.62. The largest absolute Gasteiger partial charge is 0.274 e. The Morgan fingerprint density at radius 1 is 0.857 bits per heavy atom. The maximum absolute atomic E-state index is 13.5. The molecule has 3 aliphatic heterocycles. The quantitative estimate of drug-likeness (QED) is 0.753. The molecule has 0 spiro atoms. The summed E-state index contributed by atoms with van der Waals surface area (Å²) in [5, 5.41) is 4.19. The molecule has 5 rings (SSSR count). The number of hydrogen-bond donors (Lipinski definition) is 0. The Balaban J connectivity index is 1.58. The second-order valence-corrected chi connectivity index (χ2v) is 7.93. The first-order valence-electron chi connectivity index (χ1n) is 9.71. The Kier molecular flexibility index (Phi) is 3.89. The van der Waals surface area contributed by atoms with E-state index in [2.05, 4.69) is 10.0 Å². The first-order chi connectivity index (χ1) is 13.5. The van der Waals surface area contributed by atoms with Gasteiger partial charge < -0.3 is 0 Å². The molecule has 0 unspecified atom stereocenters. The third kappa shape index (κ3) is 2.38. The van der Waals surface area contributed by atoms with Crippen molar-refractivity contribution in [3.05, 3.63) is 65.0 Å². The maximum Gasteiger partial charge on any atom is 0.253 e. The Morgan fingerprint density at radius 2 is 1.54 bits per heavy atom. The maximum atomic E-state index is 13.5. The van der Waals surface area contributed by atoms with Crippen LogP contribution in [-0.2, 0) is 9.59 Å². The summed E-state index contributed by atoms with van der Waals surface area (Å²) in [5.41, 5.74) is 3.69. The highest BCUT2D eigenvalue weighted by molar-refractivity contribution is 6.24. The van der Waals surface area contributed by atoms with Crippen molar-refractivity contribution in [1.29, 1.82) is 0 Å². The van der Waals surface area contributed by atoms with Crippen molar-refractivity contribution in [2.45, 2.75) is 32.4 Å². The van der Waals surface area contributed by atoms with E-state index in [-0.39, 0.29) is 23.7 Å². The van der Waals surface area contributed by atoms with Crippen molar-refractivity contribution < 1.29 is 14.0 Å². The highest BCUT2D eigenvalue weighted by Crippen LogP contribution is 2.48. The number of fused-ring (bicyclic) bond motifs is 3. The summed E-state index contributed by atoms with van der Waals surface area (Å²) in [5.74, 6) is -1.10. The topological polar surface area (TPSA) is 43.9 Å². The number of hydrazine groups is 1. The minimum absolute atomic E-state index is 0.158. The molecular formula is C22H22FN3O2. The lowest BCUT2D eigenvalue weighted by atomic mass is 9.90. The minimum atomic E-state index is -0.480. The summed E-state index contributed by atoms with van der Waals surface area (Å²) in [7, 11) is 0. The van der Waals surface area contributed by atoms with E-state index in [0.717, 1.165) is 36.2 Å². The average molecular weight is 379 g/mol. The van der Waals surface area contributed by atoms with E-state index in [0.29, 0.717) is 5.69 Å². The molecule has 0 saturated carbocycles. The molecule has 5 nitrogen and oxygen atoms in total. The molecule has 0 bridgehead atoms. The van der Waals surface area contributed by atoms with E-state index in [1.165, 1.54) is 17.0 Å². The van der Waals surface area contributed by atoms with Crippen LogP contribution in [0, 0.1) is 25.6 Å². The van der Waals surface area contributed by atoms with Crippen molar-refractivity contribution in [1.82, 2.24) is 10.0 Å². The van der Waals surface area contributed by atoms with Crippen molar-refractivity contribution >= 4 is 17.5 Å².